The summed E-state index contributed by atoms with van der Waals surface area (Å²) in [5.74, 6) is -0.767. The van der Waals surface area contributed by atoms with Crippen molar-refractivity contribution in [2.24, 2.45) is 5.92 Å². The van der Waals surface area contributed by atoms with Gasteiger partial charge in [0.1, 0.15) is 10.6 Å². The molecule has 0 radical (unpaired) electrons. The third kappa shape index (κ3) is 5.14. The van der Waals surface area contributed by atoms with Gasteiger partial charge >= 0.3 is 0 Å². The van der Waals surface area contributed by atoms with Gasteiger partial charge < -0.3 is 15.2 Å². The van der Waals surface area contributed by atoms with Gasteiger partial charge in [-0.05, 0) is 75.3 Å². The molecule has 0 unspecified atom stereocenters. The molecule has 2 amide bonds. The van der Waals surface area contributed by atoms with Gasteiger partial charge in [0.25, 0.3) is 5.91 Å². The van der Waals surface area contributed by atoms with E-state index in [0.29, 0.717) is 32.5 Å². The molecule has 1 aromatic heterocycles. The number of nitrogens with zero attached hydrogens (tertiary/aromatic N) is 2. The van der Waals surface area contributed by atoms with Gasteiger partial charge in [0, 0.05) is 38.1 Å². The predicted molar refractivity (Wildman–Crippen MR) is 127 cm³/mol. The van der Waals surface area contributed by atoms with Crippen LogP contribution in [0.15, 0.2) is 35.4 Å². The fourth-order valence-electron chi connectivity index (χ4n) is 4.50. The van der Waals surface area contributed by atoms with Crippen molar-refractivity contribution in [3.8, 4) is 0 Å². The van der Waals surface area contributed by atoms with Crippen LogP contribution in [0.3, 0.4) is 0 Å². The van der Waals surface area contributed by atoms with E-state index >= 15 is 0 Å². The van der Waals surface area contributed by atoms with Crippen LogP contribution >= 0.6 is 0 Å². The number of aromatic nitrogens is 1. The lowest BCUT2D eigenvalue weighted by atomic mass is 9.98. The number of anilines is 1. The minimum absolute atomic E-state index is 0.0677. The van der Waals surface area contributed by atoms with Crippen molar-refractivity contribution < 1.29 is 18.0 Å². The van der Waals surface area contributed by atoms with Crippen LogP contribution in [0.2, 0.25) is 0 Å². The number of H-pyrrole nitrogens is 1. The molecule has 2 aromatic rings. The molecule has 0 spiro atoms. The molecule has 2 aliphatic rings. The van der Waals surface area contributed by atoms with Gasteiger partial charge in [-0.15, -0.1) is 0 Å². The lowest BCUT2D eigenvalue weighted by molar-refractivity contribution is -0.120. The lowest BCUT2D eigenvalue weighted by Gasteiger charge is -2.31. The Kier molecular flexibility index (Phi) is 6.90. The van der Waals surface area contributed by atoms with Crippen LogP contribution < -0.4 is 5.32 Å². The summed E-state index contributed by atoms with van der Waals surface area (Å²) in [7, 11) is -3.81. The number of carbonyl (C=O) groups excluding carboxylic acids is 2. The van der Waals surface area contributed by atoms with Crippen molar-refractivity contribution in [3.63, 3.8) is 0 Å². The summed E-state index contributed by atoms with van der Waals surface area (Å²) < 4.78 is 27.9. The van der Waals surface area contributed by atoms with Crippen molar-refractivity contribution in [1.82, 2.24) is 14.2 Å². The largest absolute Gasteiger partial charge is 0.356 e. The first-order valence-corrected chi connectivity index (χ1v) is 13.1. The second-order valence-corrected chi connectivity index (χ2v) is 11.0. The topological polar surface area (TPSA) is 103 Å². The Hall–Kier alpha value is -2.65. The van der Waals surface area contributed by atoms with E-state index in [2.05, 4.69) is 10.3 Å². The lowest BCUT2D eigenvalue weighted by Crippen LogP contribution is -2.43. The molecule has 9 heteroatoms. The first kappa shape index (κ1) is 23.5. The number of carbonyl (C=O) groups is 2. The fourth-order valence-corrected chi connectivity index (χ4v) is 6.02. The summed E-state index contributed by atoms with van der Waals surface area (Å²) in [4.78, 5) is 30.2. The number of likely N-dealkylation sites (tertiary alicyclic amines) is 1. The van der Waals surface area contributed by atoms with Crippen LogP contribution in [0.5, 0.6) is 0 Å². The summed E-state index contributed by atoms with van der Waals surface area (Å²) in [6.45, 7) is 5.88. The Labute approximate surface area is 195 Å². The van der Waals surface area contributed by atoms with E-state index < -0.39 is 15.9 Å². The number of rotatable bonds is 5. The number of piperidine rings is 2. The minimum atomic E-state index is -3.81. The molecule has 8 nitrogen and oxygen atoms in total. The molecule has 4 rings (SSSR count). The monoisotopic (exact) mass is 472 g/mol. The van der Waals surface area contributed by atoms with Crippen molar-refractivity contribution >= 4 is 27.5 Å². The first-order valence-electron chi connectivity index (χ1n) is 11.6. The zero-order chi connectivity index (χ0) is 23.6. The summed E-state index contributed by atoms with van der Waals surface area (Å²) in [6, 6.07) is 7.16. The molecule has 2 aliphatic heterocycles. The summed E-state index contributed by atoms with van der Waals surface area (Å²) in [6.07, 6.45) is 5.67. The molecule has 2 fully saturated rings. The van der Waals surface area contributed by atoms with Crippen molar-refractivity contribution in [2.45, 2.75) is 50.8 Å². The van der Waals surface area contributed by atoms with Crippen molar-refractivity contribution in [2.75, 3.05) is 31.5 Å². The van der Waals surface area contributed by atoms with Crippen molar-refractivity contribution in [3.05, 3.63) is 47.3 Å². The number of sulfonamides is 1. The average Bonchev–Trinajstić information content (AvgIpc) is 3.33. The second-order valence-electron chi connectivity index (χ2n) is 9.09. The van der Waals surface area contributed by atoms with E-state index in [1.807, 2.05) is 32.0 Å². The summed E-state index contributed by atoms with van der Waals surface area (Å²) in [5.41, 5.74) is 3.24. The van der Waals surface area contributed by atoms with Gasteiger partial charge in [-0.1, -0.05) is 6.07 Å². The summed E-state index contributed by atoms with van der Waals surface area (Å²) in [5, 5.41) is 2.93. The zero-order valence-electron chi connectivity index (χ0n) is 19.3. The number of nitrogens with one attached hydrogen (secondary N) is 2. The average molecular weight is 473 g/mol. The number of amides is 2. The highest BCUT2D eigenvalue weighted by Crippen LogP contribution is 2.26. The quantitative estimate of drug-likeness (QED) is 0.697. The molecule has 1 aromatic carbocycles. The van der Waals surface area contributed by atoms with E-state index in [1.54, 1.807) is 4.90 Å². The SMILES string of the molecule is Cc1ccc(NC(=O)[C@@H]2CCCN(S(=O)(=O)c3c[nH]c(C(=O)N4CCCCC4)c3)C2)cc1C. The Balaban J connectivity index is 1.43. The maximum atomic E-state index is 13.3. The number of aryl methyl sites for hydroxylation is 2. The number of benzene rings is 1. The maximum absolute atomic E-state index is 13.3. The first-order chi connectivity index (χ1) is 15.8. The summed E-state index contributed by atoms with van der Waals surface area (Å²) >= 11 is 0. The van der Waals surface area contributed by atoms with Crippen LogP contribution in [-0.4, -0.2) is 60.6 Å². The van der Waals surface area contributed by atoms with Gasteiger partial charge in [0.2, 0.25) is 15.9 Å². The van der Waals surface area contributed by atoms with Gasteiger partial charge in [-0.25, -0.2) is 8.42 Å². The number of hydrogen-bond acceptors (Lipinski definition) is 4. The zero-order valence-corrected chi connectivity index (χ0v) is 20.1. The molecular formula is C24H32N4O4S. The molecule has 178 valence electrons. The molecule has 0 aliphatic carbocycles. The number of aromatic amines is 1. The van der Waals surface area contributed by atoms with Crippen LogP contribution in [0.25, 0.3) is 0 Å². The standard InChI is InChI=1S/C24H32N4O4S/c1-17-8-9-20(13-18(17)2)26-23(29)19-7-6-12-28(16-19)33(31,32)21-14-22(25-15-21)24(30)27-10-4-3-5-11-27/h8-9,13-15,19,25H,3-7,10-12,16H2,1-2H3,(H,26,29)/t19-/m1/s1. The third-order valence-electron chi connectivity index (χ3n) is 6.70. The highest BCUT2D eigenvalue weighted by Gasteiger charge is 2.34. The van der Waals surface area contributed by atoms with Crippen LogP contribution in [0.4, 0.5) is 5.69 Å². The van der Waals surface area contributed by atoms with Gasteiger partial charge in [-0.3, -0.25) is 9.59 Å². The Morgan fingerprint density at radius 2 is 1.76 bits per heavy atom. The van der Waals surface area contributed by atoms with E-state index in [4.69, 9.17) is 0 Å². The molecular weight excluding hydrogens is 440 g/mol. The normalized spacial score (nSPS) is 19.9. The molecule has 0 saturated carbocycles. The predicted octanol–water partition coefficient (Wildman–Crippen LogP) is 3.30. The Morgan fingerprint density at radius 1 is 1.00 bits per heavy atom. The molecule has 1 atom stereocenters. The molecule has 2 N–H and O–H groups in total. The highest BCUT2D eigenvalue weighted by molar-refractivity contribution is 7.89. The molecule has 3 heterocycles. The molecule has 2 saturated heterocycles. The minimum Gasteiger partial charge on any atom is -0.356 e. The third-order valence-corrected chi connectivity index (χ3v) is 8.54. The van der Waals surface area contributed by atoms with Crippen LogP contribution in [0.1, 0.15) is 53.7 Å². The van der Waals surface area contributed by atoms with E-state index in [9.17, 15) is 18.0 Å². The van der Waals surface area contributed by atoms with E-state index in [1.165, 1.54) is 16.6 Å². The highest BCUT2D eigenvalue weighted by atomic mass is 32.2. The van der Waals surface area contributed by atoms with Gasteiger partial charge in [0.05, 0.1) is 5.92 Å². The maximum Gasteiger partial charge on any atom is 0.270 e. The van der Waals surface area contributed by atoms with E-state index in [0.717, 1.165) is 36.1 Å². The van der Waals surface area contributed by atoms with Crippen LogP contribution in [0, 0.1) is 19.8 Å². The Bertz CT molecular complexity index is 1140. The second kappa shape index (κ2) is 9.69. The van der Waals surface area contributed by atoms with Crippen LogP contribution in [-0.2, 0) is 14.8 Å². The fraction of sp³-hybridized carbons (Fsp3) is 0.500. The van der Waals surface area contributed by atoms with Crippen molar-refractivity contribution in [1.29, 1.82) is 0 Å². The molecule has 0 bridgehead atoms. The van der Waals surface area contributed by atoms with Gasteiger partial charge in [0.15, 0.2) is 0 Å². The van der Waals surface area contributed by atoms with E-state index in [-0.39, 0.29) is 28.9 Å². The Morgan fingerprint density at radius 3 is 2.48 bits per heavy atom. The molecule has 33 heavy (non-hydrogen) atoms. The number of hydrogen-bond donors (Lipinski definition) is 2. The van der Waals surface area contributed by atoms with Gasteiger partial charge in [-0.2, -0.15) is 4.31 Å². The smallest absolute Gasteiger partial charge is 0.270 e.